The summed E-state index contributed by atoms with van der Waals surface area (Å²) in [6.07, 6.45) is 0. The van der Waals surface area contributed by atoms with Gasteiger partial charge in [-0.15, -0.1) is 23.1 Å². The third-order valence-corrected chi connectivity index (χ3v) is 6.61. The topological polar surface area (TPSA) is 49.4 Å². The van der Waals surface area contributed by atoms with Crippen molar-refractivity contribution in [1.29, 1.82) is 0 Å². The molecule has 1 aliphatic heterocycles. The van der Waals surface area contributed by atoms with Crippen LogP contribution in [0.1, 0.15) is 31.7 Å². The lowest BCUT2D eigenvalue weighted by Gasteiger charge is -2.25. The average molecular weight is 409 g/mol. The number of benzene rings is 2. The number of nitrogens with zero attached hydrogens (tertiary/aromatic N) is 1. The highest BCUT2D eigenvalue weighted by atomic mass is 32.2. The maximum absolute atomic E-state index is 12.6. The van der Waals surface area contributed by atoms with Gasteiger partial charge in [-0.2, -0.15) is 0 Å². The molecule has 0 bridgehead atoms. The van der Waals surface area contributed by atoms with Gasteiger partial charge in [0, 0.05) is 11.4 Å². The summed E-state index contributed by atoms with van der Waals surface area (Å²) in [5, 5.41) is 4.73. The second-order valence-electron chi connectivity index (χ2n) is 6.83. The largest absolute Gasteiger partial charge is 0.321 e. The molecule has 6 heteroatoms. The number of thiophene rings is 1. The minimum atomic E-state index is -0.117. The van der Waals surface area contributed by atoms with E-state index in [1.54, 1.807) is 17.8 Å². The summed E-state index contributed by atoms with van der Waals surface area (Å²) >= 11 is 3.02. The summed E-state index contributed by atoms with van der Waals surface area (Å²) in [6.45, 7) is 4.08. The molecule has 0 radical (unpaired) electrons. The zero-order valence-corrected chi connectivity index (χ0v) is 17.3. The van der Waals surface area contributed by atoms with Crippen molar-refractivity contribution in [2.75, 3.05) is 16.0 Å². The molecule has 2 amide bonds. The van der Waals surface area contributed by atoms with Crippen LogP contribution >= 0.6 is 23.1 Å². The van der Waals surface area contributed by atoms with E-state index in [2.05, 4.69) is 11.4 Å². The van der Waals surface area contributed by atoms with E-state index in [0.29, 0.717) is 10.6 Å². The molecule has 1 atom stereocenters. The van der Waals surface area contributed by atoms with Crippen LogP contribution < -0.4 is 10.2 Å². The molecule has 4 rings (SSSR count). The van der Waals surface area contributed by atoms with Crippen molar-refractivity contribution in [1.82, 2.24) is 0 Å². The predicted octanol–water partition coefficient (Wildman–Crippen LogP) is 5.40. The van der Waals surface area contributed by atoms with E-state index in [-0.39, 0.29) is 17.2 Å². The Morgan fingerprint density at radius 1 is 1.07 bits per heavy atom. The fourth-order valence-electron chi connectivity index (χ4n) is 3.41. The van der Waals surface area contributed by atoms with Gasteiger partial charge < -0.3 is 5.32 Å². The van der Waals surface area contributed by atoms with Gasteiger partial charge in [0.15, 0.2) is 0 Å². The number of aryl methyl sites for hydroxylation is 2. The van der Waals surface area contributed by atoms with Crippen LogP contribution in [0.2, 0.25) is 0 Å². The van der Waals surface area contributed by atoms with Crippen LogP contribution in [0.3, 0.4) is 0 Å². The smallest absolute Gasteiger partial charge is 0.265 e. The third-order valence-electron chi connectivity index (χ3n) is 4.53. The second kappa shape index (κ2) is 7.81. The molecule has 2 aromatic carbocycles. The monoisotopic (exact) mass is 408 g/mol. The molecular weight excluding hydrogens is 388 g/mol. The molecule has 1 aromatic heterocycles. The van der Waals surface area contributed by atoms with E-state index in [1.165, 1.54) is 11.3 Å². The minimum Gasteiger partial charge on any atom is -0.321 e. The van der Waals surface area contributed by atoms with Crippen LogP contribution in [-0.2, 0) is 4.79 Å². The van der Waals surface area contributed by atoms with Crippen molar-refractivity contribution in [3.8, 4) is 0 Å². The van der Waals surface area contributed by atoms with Crippen molar-refractivity contribution in [2.45, 2.75) is 19.2 Å². The van der Waals surface area contributed by atoms with E-state index in [9.17, 15) is 9.59 Å². The fraction of sp³-hybridized carbons (Fsp3) is 0.182. The fourth-order valence-corrected chi connectivity index (χ4v) is 5.20. The molecule has 28 heavy (non-hydrogen) atoms. The second-order valence-corrected chi connectivity index (χ2v) is 8.85. The number of hydrogen-bond acceptors (Lipinski definition) is 4. The van der Waals surface area contributed by atoms with Crippen LogP contribution in [0.5, 0.6) is 0 Å². The first-order valence-corrected chi connectivity index (χ1v) is 10.9. The van der Waals surface area contributed by atoms with Gasteiger partial charge in [-0.1, -0.05) is 24.3 Å². The highest BCUT2D eigenvalue weighted by Gasteiger charge is 2.34. The molecule has 142 valence electrons. The molecule has 1 aliphatic rings. The normalized spacial score (nSPS) is 16.4. The molecule has 2 heterocycles. The molecular formula is C22H20N2O2S2. The van der Waals surface area contributed by atoms with Crippen molar-refractivity contribution in [3.63, 3.8) is 0 Å². The molecule has 0 aliphatic carbocycles. The van der Waals surface area contributed by atoms with Gasteiger partial charge in [0.2, 0.25) is 5.91 Å². The Kier molecular flexibility index (Phi) is 5.24. The maximum atomic E-state index is 12.6. The first-order valence-electron chi connectivity index (χ1n) is 8.98. The average Bonchev–Trinajstić information content (AvgIpc) is 3.31. The zero-order chi connectivity index (χ0) is 19.7. The molecule has 1 saturated heterocycles. The van der Waals surface area contributed by atoms with Crippen molar-refractivity contribution in [3.05, 3.63) is 81.5 Å². The highest BCUT2D eigenvalue weighted by molar-refractivity contribution is 8.00. The van der Waals surface area contributed by atoms with Crippen LogP contribution in [0.4, 0.5) is 11.4 Å². The Morgan fingerprint density at radius 2 is 1.86 bits per heavy atom. The molecule has 3 aromatic rings. The van der Waals surface area contributed by atoms with E-state index < -0.39 is 0 Å². The molecule has 0 spiro atoms. The SMILES string of the molecule is Cc1cc(C)cc(N2C(=O)CS[C@H]2c2cccc(NC(=O)c3cccs3)c2)c1. The van der Waals surface area contributed by atoms with Gasteiger partial charge in [-0.05, 0) is 66.2 Å². The van der Waals surface area contributed by atoms with Gasteiger partial charge in [-0.25, -0.2) is 0 Å². The molecule has 4 nitrogen and oxygen atoms in total. The Bertz CT molecular complexity index is 1010. The summed E-state index contributed by atoms with van der Waals surface area (Å²) in [7, 11) is 0. The van der Waals surface area contributed by atoms with E-state index in [0.717, 1.165) is 28.1 Å². The van der Waals surface area contributed by atoms with Crippen molar-refractivity contribution >= 4 is 46.3 Å². The number of carbonyl (C=O) groups excluding carboxylic acids is 2. The van der Waals surface area contributed by atoms with Gasteiger partial charge in [0.25, 0.3) is 5.91 Å². The summed E-state index contributed by atoms with van der Waals surface area (Å²) in [5.74, 6) is 0.435. The quantitative estimate of drug-likeness (QED) is 0.629. The molecule has 1 fully saturated rings. The van der Waals surface area contributed by atoms with E-state index in [4.69, 9.17) is 0 Å². The number of hydrogen-bond donors (Lipinski definition) is 1. The van der Waals surface area contributed by atoms with Gasteiger partial charge >= 0.3 is 0 Å². The highest BCUT2D eigenvalue weighted by Crippen LogP contribution is 2.42. The first kappa shape index (κ1) is 18.8. The summed E-state index contributed by atoms with van der Waals surface area (Å²) < 4.78 is 0. The molecule has 0 saturated carbocycles. The Hall–Kier alpha value is -2.57. The van der Waals surface area contributed by atoms with Crippen LogP contribution in [0, 0.1) is 13.8 Å². The number of rotatable bonds is 4. The van der Waals surface area contributed by atoms with E-state index >= 15 is 0 Å². The summed E-state index contributed by atoms with van der Waals surface area (Å²) in [5.41, 5.74) is 4.92. The van der Waals surface area contributed by atoms with Gasteiger partial charge in [-0.3, -0.25) is 14.5 Å². The maximum Gasteiger partial charge on any atom is 0.265 e. The lowest BCUT2D eigenvalue weighted by Crippen LogP contribution is -2.28. The van der Waals surface area contributed by atoms with Gasteiger partial charge in [0.05, 0.1) is 10.6 Å². The van der Waals surface area contributed by atoms with Crippen LogP contribution in [0.15, 0.2) is 60.0 Å². The van der Waals surface area contributed by atoms with Crippen molar-refractivity contribution < 1.29 is 9.59 Å². The minimum absolute atomic E-state index is 0.104. The standard InChI is InChI=1S/C22H20N2O2S2/c1-14-9-15(2)11-18(10-14)24-20(25)13-28-22(24)16-5-3-6-17(12-16)23-21(26)19-7-4-8-27-19/h3-12,22H,13H2,1-2H3,(H,23,26)/t22-/m0/s1. The Morgan fingerprint density at radius 3 is 2.57 bits per heavy atom. The number of thioether (sulfide) groups is 1. The van der Waals surface area contributed by atoms with E-state index in [1.807, 2.05) is 66.6 Å². The number of anilines is 2. The van der Waals surface area contributed by atoms with Crippen LogP contribution in [0.25, 0.3) is 0 Å². The lowest BCUT2D eigenvalue weighted by molar-refractivity contribution is -0.115. The number of amides is 2. The lowest BCUT2D eigenvalue weighted by atomic mass is 10.1. The Labute approximate surface area is 172 Å². The molecule has 0 unspecified atom stereocenters. The first-order chi connectivity index (χ1) is 13.5. The number of carbonyl (C=O) groups is 2. The summed E-state index contributed by atoms with van der Waals surface area (Å²) in [4.78, 5) is 27.5. The molecule has 1 N–H and O–H groups in total. The van der Waals surface area contributed by atoms with Crippen molar-refractivity contribution in [2.24, 2.45) is 0 Å². The summed E-state index contributed by atoms with van der Waals surface area (Å²) in [6, 6.07) is 17.6. The third kappa shape index (κ3) is 3.84. The van der Waals surface area contributed by atoms with Crippen LogP contribution in [-0.4, -0.2) is 17.6 Å². The Balaban J connectivity index is 1.62. The van der Waals surface area contributed by atoms with Gasteiger partial charge in [0.1, 0.15) is 5.37 Å². The number of nitrogens with one attached hydrogen (secondary N) is 1. The zero-order valence-electron chi connectivity index (χ0n) is 15.6. The predicted molar refractivity (Wildman–Crippen MR) is 117 cm³/mol.